The van der Waals surface area contributed by atoms with Crippen LogP contribution in [0.1, 0.15) is 142 Å². The summed E-state index contributed by atoms with van der Waals surface area (Å²) in [7, 11) is 1.34. The van der Waals surface area contributed by atoms with Crippen molar-refractivity contribution in [1.82, 2.24) is 74.6 Å². The number of likely N-dealkylation sites (N-methyl/N-ethyl adjacent to an activating group) is 1. The second kappa shape index (κ2) is 47.4. The molecular weight excluding hydrogens is 1170 g/mol. The van der Waals surface area contributed by atoms with E-state index in [2.05, 4.69) is 79.8 Å². The Morgan fingerprint density at radius 3 is 1.74 bits per heavy atom. The van der Waals surface area contributed by atoms with Crippen molar-refractivity contribution in [3.05, 3.63) is 0 Å². The molecule has 0 saturated heterocycles. The van der Waals surface area contributed by atoms with Crippen LogP contribution in [-0.2, 0) is 67.0 Å². The Morgan fingerprint density at radius 1 is 0.596 bits per heavy atom. The summed E-state index contributed by atoms with van der Waals surface area (Å²) in [6.45, 7) is -2.44. The quantitative estimate of drug-likeness (QED) is 0.0256. The molecule has 89 heavy (non-hydrogen) atoms. The largest absolute Gasteiger partial charge is 0.480 e. The number of carbonyl (C=O) groups is 12. The van der Waals surface area contributed by atoms with Gasteiger partial charge in [0.15, 0.2) is 0 Å². The van der Waals surface area contributed by atoms with Gasteiger partial charge in [0, 0.05) is 58.1 Å². The molecule has 504 valence electrons. The number of hydrazine groups is 2. The lowest BCUT2D eigenvalue weighted by atomic mass is 10.0. The van der Waals surface area contributed by atoms with Gasteiger partial charge < -0.3 is 78.4 Å². The summed E-state index contributed by atoms with van der Waals surface area (Å²) < 4.78 is 10.8. The molecule has 10 amide bonds. The van der Waals surface area contributed by atoms with Gasteiger partial charge in [-0.15, -0.1) is 10.6 Å². The van der Waals surface area contributed by atoms with Crippen LogP contribution in [0.25, 0.3) is 0 Å². The summed E-state index contributed by atoms with van der Waals surface area (Å²) in [5.41, 5.74) is 14.1. The number of rotatable bonds is 53. The normalized spacial score (nSPS) is 14.2. The average molecular weight is 1270 g/mol. The zero-order valence-electron chi connectivity index (χ0n) is 51.4. The highest BCUT2D eigenvalue weighted by molar-refractivity contribution is 6.00. The molecule has 0 bridgehead atoms. The number of hydrogen-bond donors (Lipinski definition) is 17. The van der Waals surface area contributed by atoms with E-state index in [0.29, 0.717) is 31.5 Å². The van der Waals surface area contributed by atoms with E-state index in [9.17, 15) is 72.9 Å². The summed E-state index contributed by atoms with van der Waals surface area (Å²) in [6.07, 6.45) is 16.7. The highest BCUT2D eigenvalue weighted by Crippen LogP contribution is 2.14. The molecule has 2 heterocycles. The first-order valence-electron chi connectivity index (χ1n) is 30.5. The van der Waals surface area contributed by atoms with Crippen LogP contribution in [0.5, 0.6) is 0 Å². The summed E-state index contributed by atoms with van der Waals surface area (Å²) in [6, 6.07) is -7.77. The van der Waals surface area contributed by atoms with E-state index in [1.165, 1.54) is 64.8 Å². The summed E-state index contributed by atoms with van der Waals surface area (Å²) in [4.78, 5) is 159. The van der Waals surface area contributed by atoms with E-state index in [4.69, 9.17) is 15.2 Å². The van der Waals surface area contributed by atoms with E-state index in [0.717, 1.165) is 42.8 Å². The Hall–Kier alpha value is -7.66. The van der Waals surface area contributed by atoms with Crippen molar-refractivity contribution < 1.29 is 82.3 Å². The van der Waals surface area contributed by atoms with Crippen LogP contribution in [0.2, 0.25) is 0 Å². The van der Waals surface area contributed by atoms with Crippen molar-refractivity contribution in [2.45, 2.75) is 172 Å². The first-order valence-corrected chi connectivity index (χ1v) is 30.5. The maximum Gasteiger partial charge on any atom is 0.317 e. The number of carboxylic acids is 2. The summed E-state index contributed by atoms with van der Waals surface area (Å²) in [5.74, 6) is -10.3. The number of amides is 10. The third-order valence-corrected chi connectivity index (χ3v) is 13.8. The van der Waals surface area contributed by atoms with Gasteiger partial charge in [0.1, 0.15) is 42.7 Å². The number of carboxylic acid groups (broad SMARTS) is 2. The van der Waals surface area contributed by atoms with Crippen LogP contribution in [-0.4, -0.2) is 226 Å². The van der Waals surface area contributed by atoms with Gasteiger partial charge in [-0.2, -0.15) is 0 Å². The molecule has 0 radical (unpaired) electrons. The van der Waals surface area contributed by atoms with Crippen LogP contribution in [0, 0.1) is 0 Å². The van der Waals surface area contributed by atoms with E-state index in [1.54, 1.807) is 0 Å². The standard InChI is InChI=1S/C55H97N17O17/c1-3-4-18-38(51(83)57-2)64-54(86)41(29-60-47(77)31-72(32-49(79)80)33-50(81)82)67-53(85)40(27-37-28-58-36-62-37)66-52(84)39(21-22-43(56)74)65-55(87)42(34-73)63-46(76)30-61-48(78)35-89-26-25-88-24-23-59-45(75)20-17-15-13-11-9-7-5-6-8-10-12-14-16-19-44-68-70-71-69-44/h38-42,58,70-71,73H,3-36H2,1-2H3,(H2,56,74)(H,57,83)(H,59,75)(H,60,77)(H,61,78)(H,63,76)(H,64,86)(H,65,87)(H,66,84)(H,67,85)(H,68,69)(H,79,80)(H,81,82). The molecule has 0 aromatic carbocycles. The Kier molecular flexibility index (Phi) is 41.2. The molecule has 0 fully saturated rings. The molecule has 2 rings (SSSR count). The smallest absolute Gasteiger partial charge is 0.317 e. The number of hydrogen-bond acceptors (Lipinski definition) is 22. The number of nitrogens with zero attached hydrogens (tertiary/aromatic N) is 3. The Morgan fingerprint density at radius 2 is 1.17 bits per heavy atom. The molecule has 5 unspecified atom stereocenters. The molecule has 0 spiro atoms. The molecule has 0 saturated carbocycles. The number of aliphatic carboxylic acids is 2. The highest BCUT2D eigenvalue weighted by atomic mass is 16.5. The fourth-order valence-electron chi connectivity index (χ4n) is 9.01. The minimum Gasteiger partial charge on any atom is -0.480 e. The van der Waals surface area contributed by atoms with Gasteiger partial charge in [-0.25, -0.2) is 5.53 Å². The van der Waals surface area contributed by atoms with Gasteiger partial charge in [0.25, 0.3) is 0 Å². The summed E-state index contributed by atoms with van der Waals surface area (Å²) >= 11 is 0. The number of aliphatic hydroxyl groups excluding tert-OH is 1. The molecule has 34 heteroatoms. The van der Waals surface area contributed by atoms with Crippen LogP contribution in [0.3, 0.4) is 0 Å². The number of hydrazone groups is 1. The lowest BCUT2D eigenvalue weighted by Gasteiger charge is -2.27. The van der Waals surface area contributed by atoms with Crippen LogP contribution >= 0.6 is 0 Å². The molecule has 5 atom stereocenters. The molecule has 0 aliphatic carbocycles. The van der Waals surface area contributed by atoms with Crippen molar-refractivity contribution in [3.63, 3.8) is 0 Å². The number of aliphatic imine (C=N–C) groups is 1. The van der Waals surface area contributed by atoms with Gasteiger partial charge in [-0.3, -0.25) is 78.2 Å². The predicted octanol–water partition coefficient (Wildman–Crippen LogP) is -4.37. The van der Waals surface area contributed by atoms with Crippen molar-refractivity contribution in [1.29, 1.82) is 0 Å². The monoisotopic (exact) mass is 1270 g/mol. The third kappa shape index (κ3) is 37.7. The van der Waals surface area contributed by atoms with Gasteiger partial charge >= 0.3 is 11.9 Å². The predicted molar refractivity (Wildman–Crippen MR) is 322 cm³/mol. The summed E-state index contributed by atoms with van der Waals surface area (Å²) in [5, 5.41) is 57.5. The van der Waals surface area contributed by atoms with E-state index in [1.807, 2.05) is 6.92 Å². The zero-order valence-corrected chi connectivity index (χ0v) is 51.4. The maximum absolute atomic E-state index is 14.2. The first kappa shape index (κ1) is 77.4. The number of carbonyl (C=O) groups excluding carboxylic acids is 10. The fourth-order valence-corrected chi connectivity index (χ4v) is 9.01. The second-order valence-corrected chi connectivity index (χ2v) is 21.4. The molecule has 0 aromatic heterocycles. The van der Waals surface area contributed by atoms with E-state index in [-0.39, 0.29) is 51.8 Å². The Bertz CT molecular complexity index is 2300. The molecule has 2 aliphatic rings. The van der Waals surface area contributed by atoms with Gasteiger partial charge in [-0.1, -0.05) is 90.4 Å². The molecule has 2 aliphatic heterocycles. The van der Waals surface area contributed by atoms with Crippen LogP contribution in [0.4, 0.5) is 0 Å². The van der Waals surface area contributed by atoms with Crippen molar-refractivity contribution in [3.8, 4) is 0 Å². The van der Waals surface area contributed by atoms with Gasteiger partial charge in [-0.05, 0) is 25.7 Å². The van der Waals surface area contributed by atoms with Crippen molar-refractivity contribution in [2.75, 3.05) is 92.6 Å². The minimum atomic E-state index is -1.71. The van der Waals surface area contributed by atoms with Crippen molar-refractivity contribution in [2.24, 2.45) is 15.8 Å². The second-order valence-electron chi connectivity index (χ2n) is 21.4. The Labute approximate surface area is 518 Å². The Balaban J connectivity index is 1.86. The third-order valence-electron chi connectivity index (χ3n) is 13.8. The SMILES string of the molecule is CCCCC(NC(=O)C(CNC(=O)CN(CC(=O)O)CC(=O)O)NC(=O)C(CC1=NCNC1)NC(=O)C(CCC(N)=O)NC(=O)C(CO)NC(=O)CNC(=O)COCCOCCNC(=O)CCCCCCCCCCCCCCCC1=NNNN1)C(=O)NC. The fraction of sp³-hybridized carbons (Fsp3) is 0.745. The number of primary amides is 1. The lowest BCUT2D eigenvalue weighted by molar-refractivity contribution is -0.142. The topological polar surface area (TPSA) is 494 Å². The maximum atomic E-state index is 14.2. The number of nitrogens with one attached hydrogen (secondary N) is 13. The van der Waals surface area contributed by atoms with E-state index < -0.39 is 154 Å². The van der Waals surface area contributed by atoms with Crippen LogP contribution < -0.4 is 75.4 Å². The number of aliphatic hydroxyl groups is 1. The number of amidine groups is 1. The highest BCUT2D eigenvalue weighted by Gasteiger charge is 2.34. The lowest BCUT2D eigenvalue weighted by Crippen LogP contribution is -2.61. The molecule has 0 aromatic rings. The number of unbranched alkanes of at least 4 members (excludes halogenated alkanes) is 13. The van der Waals surface area contributed by atoms with Gasteiger partial charge in [0.05, 0.1) is 59.3 Å². The average Bonchev–Trinajstić information content (AvgIpc) is 4.40. The van der Waals surface area contributed by atoms with Crippen molar-refractivity contribution >= 4 is 82.6 Å². The first-order chi connectivity index (χ1) is 42.7. The van der Waals surface area contributed by atoms with Gasteiger partial charge in [0.2, 0.25) is 59.1 Å². The zero-order chi connectivity index (χ0) is 65.6. The molecular formula is C55H97N17O17. The number of nitrogens with two attached hydrogens (primary N) is 1. The minimum absolute atomic E-state index is 0.0161. The van der Waals surface area contributed by atoms with Crippen LogP contribution in [0.15, 0.2) is 10.1 Å². The molecule has 34 nitrogen and oxygen atoms in total. The molecule has 18 N–H and O–H groups in total. The van der Waals surface area contributed by atoms with E-state index >= 15 is 0 Å². The number of ether oxygens (including phenoxy) is 2.